The van der Waals surface area contributed by atoms with Gasteiger partial charge in [0.05, 0.1) is 10.6 Å². The normalized spacial score (nSPS) is 30.2. The van der Waals surface area contributed by atoms with Crippen LogP contribution in [0.3, 0.4) is 0 Å². The van der Waals surface area contributed by atoms with E-state index in [1.165, 1.54) is 23.6 Å². The second-order valence-corrected chi connectivity index (χ2v) is 9.91. The van der Waals surface area contributed by atoms with Crippen LogP contribution in [0, 0.1) is 11.8 Å². The molecule has 0 saturated carbocycles. The van der Waals surface area contributed by atoms with Gasteiger partial charge in [-0.25, -0.2) is 4.79 Å². The summed E-state index contributed by atoms with van der Waals surface area (Å²) in [5, 5.41) is 10.9. The van der Waals surface area contributed by atoms with Gasteiger partial charge in [0.1, 0.15) is 5.37 Å². The van der Waals surface area contributed by atoms with Crippen molar-refractivity contribution >= 4 is 46.4 Å². The molecule has 152 valence electrons. The van der Waals surface area contributed by atoms with E-state index in [9.17, 15) is 24.3 Å². The summed E-state index contributed by atoms with van der Waals surface area (Å²) < 4.78 is 0. The highest BCUT2D eigenvalue weighted by Crippen LogP contribution is 2.42. The predicted octanol–water partition coefficient (Wildman–Crippen LogP) is 2.30. The zero-order valence-electron chi connectivity index (χ0n) is 16.1. The number of carbonyl (C=O) groups excluding carboxylic acids is 3. The molecule has 0 aromatic heterocycles. The van der Waals surface area contributed by atoms with Crippen molar-refractivity contribution in [3.8, 4) is 0 Å². The van der Waals surface area contributed by atoms with E-state index in [0.717, 1.165) is 31.0 Å². The van der Waals surface area contributed by atoms with E-state index in [0.29, 0.717) is 6.42 Å². The Labute approximate surface area is 168 Å². The molecule has 7 nitrogen and oxygen atoms in total. The predicted molar refractivity (Wildman–Crippen MR) is 106 cm³/mol. The summed E-state index contributed by atoms with van der Waals surface area (Å²) in [6.45, 7) is 7.28. The van der Waals surface area contributed by atoms with Crippen LogP contribution in [0.2, 0.25) is 0 Å². The molecule has 0 aromatic rings. The number of rotatable bonds is 6. The van der Waals surface area contributed by atoms with Crippen LogP contribution in [0.1, 0.15) is 53.4 Å². The molecular weight excluding hydrogens is 388 g/mol. The standard InChI is InChI=1S/C18H28N2O5S2/c1-5-9(2)14(26-11(4)21)15(23)19-16-13(18(24)25)20-12(22)8-6-7-10(3)17(20)27-16/h9-10,13-14,16-17H,5-8H2,1-4H3,(H,19,23)(H,24,25)/t9?,10?,13-,14?,16+,17?/m1/s1. The Morgan fingerprint density at radius 2 is 2.07 bits per heavy atom. The van der Waals surface area contributed by atoms with Gasteiger partial charge < -0.3 is 15.3 Å². The number of carbonyl (C=O) groups is 4. The van der Waals surface area contributed by atoms with Crippen LogP contribution in [0.5, 0.6) is 0 Å². The minimum atomic E-state index is -1.11. The smallest absolute Gasteiger partial charge is 0.329 e. The maximum atomic E-state index is 12.8. The van der Waals surface area contributed by atoms with Gasteiger partial charge in [-0.2, -0.15) is 0 Å². The van der Waals surface area contributed by atoms with Crippen LogP contribution in [-0.2, 0) is 19.2 Å². The Kier molecular flexibility index (Phi) is 7.62. The summed E-state index contributed by atoms with van der Waals surface area (Å²) in [5.41, 5.74) is 0. The van der Waals surface area contributed by atoms with Gasteiger partial charge in [-0.15, -0.1) is 11.8 Å². The second kappa shape index (κ2) is 9.32. The third-order valence-corrected chi connectivity index (χ3v) is 8.13. The number of nitrogens with zero attached hydrogens (tertiary/aromatic N) is 1. The van der Waals surface area contributed by atoms with Crippen molar-refractivity contribution in [3.05, 3.63) is 0 Å². The SMILES string of the molecule is CCC(C)C(SC(C)=O)C(=O)N[C@H]1SC2C(C)CCCC(=O)N2[C@H]1C(=O)O. The molecule has 4 unspecified atom stereocenters. The summed E-state index contributed by atoms with van der Waals surface area (Å²) >= 11 is 2.31. The van der Waals surface area contributed by atoms with E-state index in [1.807, 2.05) is 20.8 Å². The number of fused-ring (bicyclic) bond motifs is 1. The molecule has 2 fully saturated rings. The van der Waals surface area contributed by atoms with Gasteiger partial charge in [0.15, 0.2) is 11.2 Å². The average Bonchev–Trinajstić information content (AvgIpc) is 2.91. The van der Waals surface area contributed by atoms with Crippen LogP contribution < -0.4 is 5.32 Å². The van der Waals surface area contributed by atoms with E-state index < -0.39 is 22.6 Å². The minimum Gasteiger partial charge on any atom is -0.480 e. The molecule has 27 heavy (non-hydrogen) atoms. The first kappa shape index (κ1) is 22.1. The number of thioether (sulfide) groups is 2. The molecule has 2 amide bonds. The zero-order valence-corrected chi connectivity index (χ0v) is 17.8. The minimum absolute atomic E-state index is 0.0279. The topological polar surface area (TPSA) is 104 Å². The quantitative estimate of drug-likeness (QED) is 0.685. The lowest BCUT2D eigenvalue weighted by Crippen LogP contribution is -2.53. The van der Waals surface area contributed by atoms with Gasteiger partial charge in [0, 0.05) is 13.3 Å². The molecule has 0 aromatic carbocycles. The molecule has 2 aliphatic heterocycles. The largest absolute Gasteiger partial charge is 0.480 e. The zero-order chi connectivity index (χ0) is 20.3. The van der Waals surface area contributed by atoms with Gasteiger partial charge >= 0.3 is 5.97 Å². The van der Waals surface area contributed by atoms with E-state index in [2.05, 4.69) is 5.32 Å². The van der Waals surface area contributed by atoms with Crippen LogP contribution in [0.4, 0.5) is 0 Å². The third-order valence-electron chi connectivity index (χ3n) is 5.22. The average molecular weight is 417 g/mol. The van der Waals surface area contributed by atoms with Crippen molar-refractivity contribution in [2.24, 2.45) is 11.8 Å². The first-order valence-corrected chi connectivity index (χ1v) is 11.2. The number of aliphatic carboxylic acids is 1. The molecule has 0 aliphatic carbocycles. The van der Waals surface area contributed by atoms with Gasteiger partial charge in [0.25, 0.3) is 0 Å². The Bertz CT molecular complexity index is 615. The molecule has 0 spiro atoms. The molecule has 0 bridgehead atoms. The second-order valence-electron chi connectivity index (χ2n) is 7.32. The fourth-order valence-corrected chi connectivity index (χ4v) is 6.17. The van der Waals surface area contributed by atoms with E-state index >= 15 is 0 Å². The number of carboxylic acid groups (broad SMARTS) is 1. The molecule has 2 saturated heterocycles. The fourth-order valence-electron chi connectivity index (χ4n) is 3.55. The number of hydrogen-bond acceptors (Lipinski definition) is 6. The molecule has 2 heterocycles. The highest BCUT2D eigenvalue weighted by atomic mass is 32.2. The van der Waals surface area contributed by atoms with Crippen molar-refractivity contribution in [1.82, 2.24) is 10.2 Å². The molecular formula is C18H28N2O5S2. The number of amides is 2. The van der Waals surface area contributed by atoms with Crippen LogP contribution in [0.25, 0.3) is 0 Å². The maximum Gasteiger partial charge on any atom is 0.329 e. The fraction of sp³-hybridized carbons (Fsp3) is 0.778. The number of carboxylic acids is 1. The van der Waals surface area contributed by atoms with Crippen LogP contribution in [-0.4, -0.2) is 54.9 Å². The van der Waals surface area contributed by atoms with Crippen LogP contribution >= 0.6 is 23.5 Å². The van der Waals surface area contributed by atoms with E-state index in [1.54, 1.807) is 0 Å². The van der Waals surface area contributed by atoms with Gasteiger partial charge in [-0.05, 0) is 24.7 Å². The lowest BCUT2D eigenvalue weighted by Gasteiger charge is -2.29. The van der Waals surface area contributed by atoms with Crippen molar-refractivity contribution in [1.29, 1.82) is 0 Å². The molecule has 2 N–H and O–H groups in total. The Balaban J connectivity index is 2.23. The van der Waals surface area contributed by atoms with Gasteiger partial charge in [-0.3, -0.25) is 14.4 Å². The van der Waals surface area contributed by atoms with Crippen molar-refractivity contribution in [2.75, 3.05) is 0 Å². The maximum absolute atomic E-state index is 12.8. The molecule has 2 rings (SSSR count). The monoisotopic (exact) mass is 416 g/mol. The Morgan fingerprint density at radius 1 is 1.41 bits per heavy atom. The summed E-state index contributed by atoms with van der Waals surface area (Å²) in [6.07, 6.45) is 2.66. The number of hydrogen-bond donors (Lipinski definition) is 2. The molecule has 6 atom stereocenters. The third kappa shape index (κ3) is 4.99. The highest BCUT2D eigenvalue weighted by molar-refractivity contribution is 8.14. The van der Waals surface area contributed by atoms with Crippen molar-refractivity contribution in [3.63, 3.8) is 0 Å². The Morgan fingerprint density at radius 3 is 2.63 bits per heavy atom. The Hall–Kier alpha value is -1.22. The summed E-state index contributed by atoms with van der Waals surface area (Å²) in [7, 11) is 0. The first-order valence-electron chi connectivity index (χ1n) is 9.34. The lowest BCUT2D eigenvalue weighted by atomic mass is 10.0. The van der Waals surface area contributed by atoms with E-state index in [-0.39, 0.29) is 34.1 Å². The first-order chi connectivity index (χ1) is 12.7. The van der Waals surface area contributed by atoms with Crippen molar-refractivity contribution < 1.29 is 24.3 Å². The van der Waals surface area contributed by atoms with Gasteiger partial charge in [-0.1, -0.05) is 39.0 Å². The van der Waals surface area contributed by atoms with E-state index in [4.69, 9.17) is 0 Å². The molecule has 2 aliphatic rings. The highest BCUT2D eigenvalue weighted by Gasteiger charge is 2.51. The molecule has 9 heteroatoms. The summed E-state index contributed by atoms with van der Waals surface area (Å²) in [6, 6.07) is -1.09. The van der Waals surface area contributed by atoms with Crippen molar-refractivity contribution in [2.45, 2.75) is 75.4 Å². The van der Waals surface area contributed by atoms with Gasteiger partial charge in [0.2, 0.25) is 11.8 Å². The lowest BCUT2D eigenvalue weighted by molar-refractivity contribution is -0.150. The van der Waals surface area contributed by atoms with Crippen LogP contribution in [0.15, 0.2) is 0 Å². The molecule has 0 radical (unpaired) electrons. The summed E-state index contributed by atoms with van der Waals surface area (Å²) in [5.74, 6) is -1.50. The summed E-state index contributed by atoms with van der Waals surface area (Å²) in [4.78, 5) is 50.3. The number of nitrogens with one attached hydrogen (secondary N) is 1.